The maximum atomic E-state index is 13.4. The highest BCUT2D eigenvalue weighted by atomic mass is 16.5. The van der Waals surface area contributed by atoms with E-state index in [0.29, 0.717) is 24.3 Å². The summed E-state index contributed by atoms with van der Waals surface area (Å²) in [5.41, 5.74) is 5.45. The molecule has 0 unspecified atom stereocenters. The largest absolute Gasteiger partial charge is 0.493 e. The summed E-state index contributed by atoms with van der Waals surface area (Å²) in [6.07, 6.45) is 6.24. The molecule has 1 saturated carbocycles. The van der Waals surface area contributed by atoms with Gasteiger partial charge in [0, 0.05) is 46.1 Å². The second kappa shape index (κ2) is 9.31. The number of hydrogen-bond acceptors (Lipinski definition) is 5. The average molecular weight is 480 g/mol. The number of ether oxygens (including phenoxy) is 1. The number of carbonyl (C=O) groups excluding carboxylic acids is 1. The first-order chi connectivity index (χ1) is 17.4. The molecular weight excluding hydrogens is 454 g/mol. The van der Waals surface area contributed by atoms with E-state index in [2.05, 4.69) is 22.4 Å². The molecule has 1 aromatic heterocycles. The molecule has 1 spiro atoms. The van der Waals surface area contributed by atoms with Crippen LogP contribution in [-0.4, -0.2) is 28.6 Å². The predicted molar refractivity (Wildman–Crippen MR) is 135 cm³/mol. The summed E-state index contributed by atoms with van der Waals surface area (Å²) in [7, 11) is 0. The molecule has 36 heavy (non-hydrogen) atoms. The van der Waals surface area contributed by atoms with Gasteiger partial charge in [-0.3, -0.25) is 9.78 Å². The van der Waals surface area contributed by atoms with E-state index >= 15 is 0 Å². The smallest absolute Gasteiger partial charge is 0.327 e. The number of nitrogens with zero attached hydrogens (tertiary/aromatic N) is 2. The van der Waals surface area contributed by atoms with Crippen LogP contribution in [0.4, 0.5) is 5.69 Å². The summed E-state index contributed by atoms with van der Waals surface area (Å²) >= 11 is 0. The average Bonchev–Trinajstić information content (AvgIpc) is 3.60. The highest BCUT2D eigenvalue weighted by Crippen LogP contribution is 2.61. The molecule has 3 aromatic rings. The fraction of sp³-hybridized carbons (Fsp3) is 0.241. The van der Waals surface area contributed by atoms with Crippen molar-refractivity contribution in [3.05, 3.63) is 89.3 Å². The standard InChI is InChI=1S/C29H25N3O4/c1-18-5-7-22(17-31-18)21-9-10-26-23(14-21)29(11-12-36-26)15-24(29)28(35)32-25-13-19(16-30)6-8-20(25)3-2-4-27(33)34/h2,4-10,13-14,17,24H,3,11-12,15H2,1H3,(H,32,35)(H,33,34)/t24-,29-/m0/s1. The third kappa shape index (κ3) is 4.46. The van der Waals surface area contributed by atoms with Crippen LogP contribution >= 0.6 is 0 Å². The number of carboxylic acids is 1. The number of carboxylic acid groups (broad SMARTS) is 1. The third-order valence-electron chi connectivity index (χ3n) is 7.05. The Kier molecular flexibility index (Phi) is 6.03. The fourth-order valence-electron chi connectivity index (χ4n) is 5.01. The van der Waals surface area contributed by atoms with Crippen LogP contribution in [0.25, 0.3) is 11.1 Å². The van der Waals surface area contributed by atoms with Crippen LogP contribution in [0.2, 0.25) is 0 Å². The third-order valence-corrected chi connectivity index (χ3v) is 7.05. The summed E-state index contributed by atoms with van der Waals surface area (Å²) in [6, 6.07) is 17.3. The molecule has 2 aliphatic rings. The summed E-state index contributed by atoms with van der Waals surface area (Å²) in [5, 5.41) is 21.2. The van der Waals surface area contributed by atoms with Gasteiger partial charge in [0.2, 0.25) is 5.91 Å². The van der Waals surface area contributed by atoms with E-state index in [1.165, 1.54) is 6.08 Å². The monoisotopic (exact) mass is 479 g/mol. The zero-order valence-electron chi connectivity index (χ0n) is 19.8. The van der Waals surface area contributed by atoms with E-state index in [1.54, 1.807) is 18.2 Å². The molecule has 2 N–H and O–H groups in total. The van der Waals surface area contributed by atoms with E-state index in [0.717, 1.165) is 52.6 Å². The number of carbonyl (C=O) groups is 2. The Labute approximate surface area is 209 Å². The van der Waals surface area contributed by atoms with Gasteiger partial charge in [-0.05, 0) is 67.6 Å². The van der Waals surface area contributed by atoms with E-state index in [1.807, 2.05) is 37.4 Å². The van der Waals surface area contributed by atoms with Crippen molar-refractivity contribution in [1.29, 1.82) is 5.26 Å². The Hall–Kier alpha value is -4.44. The minimum atomic E-state index is -1.03. The molecule has 0 saturated heterocycles. The van der Waals surface area contributed by atoms with Crippen molar-refractivity contribution < 1.29 is 19.4 Å². The van der Waals surface area contributed by atoms with E-state index in [-0.39, 0.29) is 17.2 Å². The van der Waals surface area contributed by atoms with Gasteiger partial charge in [0.05, 0.1) is 18.2 Å². The highest BCUT2D eigenvalue weighted by Gasteiger charge is 2.61. The Balaban J connectivity index is 1.40. The molecule has 7 heteroatoms. The number of rotatable bonds is 6. The van der Waals surface area contributed by atoms with Crippen molar-refractivity contribution in [1.82, 2.24) is 4.98 Å². The van der Waals surface area contributed by atoms with Crippen LogP contribution in [0.1, 0.15) is 35.2 Å². The van der Waals surface area contributed by atoms with Gasteiger partial charge < -0.3 is 15.2 Å². The van der Waals surface area contributed by atoms with Crippen LogP contribution in [0.3, 0.4) is 0 Å². The molecule has 7 nitrogen and oxygen atoms in total. The molecule has 2 atom stereocenters. The van der Waals surface area contributed by atoms with Gasteiger partial charge in [0.15, 0.2) is 0 Å². The van der Waals surface area contributed by atoms with E-state index < -0.39 is 5.97 Å². The molecule has 5 rings (SSSR count). The van der Waals surface area contributed by atoms with Crippen LogP contribution in [-0.2, 0) is 21.4 Å². The summed E-state index contributed by atoms with van der Waals surface area (Å²) < 4.78 is 5.93. The van der Waals surface area contributed by atoms with E-state index in [4.69, 9.17) is 9.84 Å². The molecule has 1 aliphatic carbocycles. The zero-order valence-corrected chi connectivity index (χ0v) is 19.8. The topological polar surface area (TPSA) is 112 Å². The Morgan fingerprint density at radius 1 is 1.22 bits per heavy atom. The molecule has 0 bridgehead atoms. The van der Waals surface area contributed by atoms with Crippen molar-refractivity contribution >= 4 is 17.6 Å². The van der Waals surface area contributed by atoms with Gasteiger partial charge in [-0.15, -0.1) is 0 Å². The van der Waals surface area contributed by atoms with Gasteiger partial charge in [0.1, 0.15) is 5.75 Å². The summed E-state index contributed by atoms with van der Waals surface area (Å²) in [4.78, 5) is 28.7. The lowest BCUT2D eigenvalue weighted by atomic mass is 9.85. The molecule has 2 aromatic carbocycles. The lowest BCUT2D eigenvalue weighted by molar-refractivity contribution is -0.131. The highest BCUT2D eigenvalue weighted by molar-refractivity contribution is 5.97. The van der Waals surface area contributed by atoms with Crippen molar-refractivity contribution in [3.63, 3.8) is 0 Å². The number of aromatic nitrogens is 1. The van der Waals surface area contributed by atoms with Crippen LogP contribution < -0.4 is 10.1 Å². The van der Waals surface area contributed by atoms with E-state index in [9.17, 15) is 14.9 Å². The lowest BCUT2D eigenvalue weighted by Gasteiger charge is -2.27. The minimum Gasteiger partial charge on any atom is -0.493 e. The van der Waals surface area contributed by atoms with Crippen LogP contribution in [0.5, 0.6) is 5.75 Å². The van der Waals surface area contributed by atoms with Gasteiger partial charge in [-0.25, -0.2) is 4.79 Å². The number of hydrogen-bond donors (Lipinski definition) is 2. The first kappa shape index (κ1) is 23.3. The number of amides is 1. The molecule has 1 fully saturated rings. The second-order valence-corrected chi connectivity index (χ2v) is 9.33. The van der Waals surface area contributed by atoms with Gasteiger partial charge in [0.25, 0.3) is 0 Å². The lowest BCUT2D eigenvalue weighted by Crippen LogP contribution is -2.27. The normalized spacial score (nSPS) is 19.8. The number of fused-ring (bicyclic) bond motifs is 2. The maximum absolute atomic E-state index is 13.4. The van der Waals surface area contributed by atoms with Crippen LogP contribution in [0, 0.1) is 24.2 Å². The molecular formula is C29H25N3O4. The van der Waals surface area contributed by atoms with Crippen molar-refractivity contribution in [3.8, 4) is 22.9 Å². The second-order valence-electron chi connectivity index (χ2n) is 9.33. The summed E-state index contributed by atoms with van der Waals surface area (Å²) in [6.45, 7) is 2.50. The summed E-state index contributed by atoms with van der Waals surface area (Å²) in [5.74, 6) is -0.553. The Bertz CT molecular complexity index is 1420. The minimum absolute atomic E-state index is 0.108. The number of aryl methyl sites for hydroxylation is 1. The molecule has 180 valence electrons. The number of pyridine rings is 1. The predicted octanol–water partition coefficient (Wildman–Crippen LogP) is 4.79. The maximum Gasteiger partial charge on any atom is 0.327 e. The fourth-order valence-corrected chi connectivity index (χ4v) is 5.01. The van der Waals surface area contributed by atoms with Crippen molar-refractivity contribution in [2.75, 3.05) is 11.9 Å². The zero-order chi connectivity index (χ0) is 25.3. The Morgan fingerprint density at radius 3 is 2.81 bits per heavy atom. The quantitative estimate of drug-likeness (QED) is 0.492. The molecule has 1 aliphatic heterocycles. The molecule has 0 radical (unpaired) electrons. The number of anilines is 1. The van der Waals surface area contributed by atoms with Gasteiger partial charge >= 0.3 is 5.97 Å². The van der Waals surface area contributed by atoms with Gasteiger partial charge in [-0.1, -0.05) is 24.3 Å². The SMILES string of the molecule is Cc1ccc(-c2ccc3c(c2)[C@]2(CCO3)C[C@H]2C(=O)Nc2cc(C#N)ccc2CC=CC(=O)O)cn1. The van der Waals surface area contributed by atoms with Crippen LogP contribution in [0.15, 0.2) is 66.9 Å². The van der Waals surface area contributed by atoms with Gasteiger partial charge in [-0.2, -0.15) is 5.26 Å². The number of allylic oxidation sites excluding steroid dienone is 1. The first-order valence-electron chi connectivity index (χ1n) is 11.8. The number of benzene rings is 2. The first-order valence-corrected chi connectivity index (χ1v) is 11.8. The van der Waals surface area contributed by atoms with Crippen molar-refractivity contribution in [2.45, 2.75) is 31.6 Å². The molecule has 1 amide bonds. The molecule has 2 heterocycles. The number of nitrogens with one attached hydrogen (secondary N) is 1. The number of aliphatic carboxylic acids is 1. The van der Waals surface area contributed by atoms with Crippen molar-refractivity contribution in [2.24, 2.45) is 5.92 Å². The Morgan fingerprint density at radius 2 is 2.06 bits per heavy atom. The number of nitriles is 1.